The van der Waals surface area contributed by atoms with E-state index in [0.29, 0.717) is 25.2 Å². The van der Waals surface area contributed by atoms with Gasteiger partial charge in [-0.3, -0.25) is 9.59 Å². The van der Waals surface area contributed by atoms with Crippen LogP contribution in [0.2, 0.25) is 0 Å². The van der Waals surface area contributed by atoms with Gasteiger partial charge in [0.05, 0.1) is 4.90 Å². The Kier molecular flexibility index (Phi) is 8.24. The molecule has 9 heteroatoms. The summed E-state index contributed by atoms with van der Waals surface area (Å²) in [4.78, 5) is 27.4. The summed E-state index contributed by atoms with van der Waals surface area (Å²) >= 11 is 0. The third-order valence-corrected chi connectivity index (χ3v) is 7.41. The molecule has 0 fully saturated rings. The highest BCUT2D eigenvalue weighted by Crippen LogP contribution is 2.20. The number of rotatable bonds is 11. The molecule has 176 valence electrons. The third-order valence-electron chi connectivity index (χ3n) is 5.35. The van der Waals surface area contributed by atoms with Crippen molar-refractivity contribution in [1.82, 2.24) is 9.29 Å². The summed E-state index contributed by atoms with van der Waals surface area (Å²) in [5.41, 5.74) is 2.63. The second-order valence-corrected chi connectivity index (χ2v) is 9.47. The van der Waals surface area contributed by atoms with Crippen molar-refractivity contribution in [2.45, 2.75) is 38.0 Å². The van der Waals surface area contributed by atoms with Crippen LogP contribution in [0.5, 0.6) is 0 Å². The van der Waals surface area contributed by atoms with Crippen molar-refractivity contribution in [2.24, 2.45) is 0 Å². The number of H-pyrrole nitrogens is 1. The van der Waals surface area contributed by atoms with E-state index in [1.165, 1.54) is 28.6 Å². The summed E-state index contributed by atoms with van der Waals surface area (Å²) in [6.45, 7) is 3.92. The van der Waals surface area contributed by atoms with Gasteiger partial charge in [0.15, 0.2) is 6.61 Å². The number of nitrogens with one attached hydrogen (secondary N) is 2. The minimum absolute atomic E-state index is 0.158. The van der Waals surface area contributed by atoms with Crippen LogP contribution < -0.4 is 5.32 Å². The van der Waals surface area contributed by atoms with Crippen molar-refractivity contribution in [3.63, 3.8) is 0 Å². The minimum Gasteiger partial charge on any atom is -0.456 e. The van der Waals surface area contributed by atoms with Gasteiger partial charge < -0.3 is 15.0 Å². The maximum absolute atomic E-state index is 12.5. The number of nitrogens with zero attached hydrogens (tertiary/aromatic N) is 1. The summed E-state index contributed by atoms with van der Waals surface area (Å²) in [7, 11) is -3.56. The van der Waals surface area contributed by atoms with Gasteiger partial charge in [-0.05, 0) is 48.7 Å². The van der Waals surface area contributed by atoms with Crippen LogP contribution >= 0.6 is 0 Å². The first kappa shape index (κ1) is 24.5. The molecule has 0 radical (unpaired) electrons. The molecule has 0 aliphatic carbocycles. The van der Waals surface area contributed by atoms with Crippen LogP contribution in [0.15, 0.2) is 59.6 Å². The van der Waals surface area contributed by atoms with Crippen LogP contribution in [0, 0.1) is 0 Å². The molecule has 2 N–H and O–H groups in total. The van der Waals surface area contributed by atoms with E-state index in [1.54, 1.807) is 13.8 Å². The monoisotopic (exact) mass is 471 g/mol. The van der Waals surface area contributed by atoms with E-state index >= 15 is 0 Å². The molecular formula is C24H29N3O5S. The fourth-order valence-corrected chi connectivity index (χ4v) is 5.06. The van der Waals surface area contributed by atoms with Gasteiger partial charge in [-0.25, -0.2) is 8.42 Å². The highest BCUT2D eigenvalue weighted by Gasteiger charge is 2.21. The second kappa shape index (κ2) is 11.1. The average Bonchev–Trinajstić information content (AvgIpc) is 3.22. The molecule has 1 heterocycles. The van der Waals surface area contributed by atoms with Crippen molar-refractivity contribution >= 4 is 38.5 Å². The van der Waals surface area contributed by atoms with Crippen molar-refractivity contribution in [3.8, 4) is 0 Å². The van der Waals surface area contributed by atoms with Gasteiger partial charge >= 0.3 is 5.97 Å². The number of hydrogen-bond acceptors (Lipinski definition) is 5. The Labute approximate surface area is 194 Å². The van der Waals surface area contributed by atoms with Crippen molar-refractivity contribution in [2.75, 3.05) is 25.0 Å². The van der Waals surface area contributed by atoms with Gasteiger partial charge in [0.2, 0.25) is 10.0 Å². The van der Waals surface area contributed by atoms with E-state index in [-0.39, 0.29) is 11.3 Å². The predicted octanol–water partition coefficient (Wildman–Crippen LogP) is 3.70. The molecule has 8 nitrogen and oxygen atoms in total. The molecule has 0 unspecified atom stereocenters. The number of carbonyl (C=O) groups excluding carboxylic acids is 2. The summed E-state index contributed by atoms with van der Waals surface area (Å²) in [6, 6.07) is 13.9. The summed E-state index contributed by atoms with van der Waals surface area (Å²) in [5, 5.41) is 3.74. The first-order valence-corrected chi connectivity index (χ1v) is 12.4. The highest BCUT2D eigenvalue weighted by molar-refractivity contribution is 7.89. The van der Waals surface area contributed by atoms with Gasteiger partial charge in [0, 0.05) is 42.3 Å². The van der Waals surface area contributed by atoms with Crippen molar-refractivity contribution < 1.29 is 22.7 Å². The summed E-state index contributed by atoms with van der Waals surface area (Å²) in [6.07, 6.45) is 3.51. The fraction of sp³-hybridized carbons (Fsp3) is 0.333. The first-order chi connectivity index (χ1) is 15.8. The minimum atomic E-state index is -3.56. The molecule has 0 saturated heterocycles. The molecule has 1 aromatic heterocycles. The van der Waals surface area contributed by atoms with Crippen LogP contribution in [0.3, 0.4) is 0 Å². The lowest BCUT2D eigenvalue weighted by molar-refractivity contribution is -0.147. The van der Waals surface area contributed by atoms with Gasteiger partial charge in [-0.15, -0.1) is 0 Å². The van der Waals surface area contributed by atoms with E-state index in [9.17, 15) is 18.0 Å². The number of para-hydroxylation sites is 1. The highest BCUT2D eigenvalue weighted by atomic mass is 32.2. The number of aryl methyl sites for hydroxylation is 1. The number of aromatic nitrogens is 1. The Hall–Kier alpha value is -3.17. The number of ether oxygens (including phenoxy) is 1. The Morgan fingerprint density at radius 1 is 1.03 bits per heavy atom. The molecule has 0 atom stereocenters. The van der Waals surface area contributed by atoms with Gasteiger partial charge in [-0.2, -0.15) is 4.31 Å². The standard InChI is InChI=1S/C24H29N3O5S/c1-3-27(4-2)33(30,31)20-14-12-19(13-15-20)26-23(28)17-32-24(29)11-7-8-18-16-25-22-10-6-5-9-21(18)22/h5-6,9-10,12-16,25H,3-4,7-8,11,17H2,1-2H3,(H,26,28). The number of hydrogen-bond donors (Lipinski definition) is 2. The first-order valence-electron chi connectivity index (χ1n) is 11.0. The number of esters is 1. The molecule has 0 bridgehead atoms. The number of fused-ring (bicyclic) bond motifs is 1. The molecule has 2 aromatic carbocycles. The lowest BCUT2D eigenvalue weighted by Crippen LogP contribution is -2.30. The SMILES string of the molecule is CCN(CC)S(=O)(=O)c1ccc(NC(=O)COC(=O)CCCc2c[nH]c3ccccc23)cc1. The molecule has 0 spiro atoms. The number of sulfonamides is 1. The Bertz CT molecular complexity index is 1200. The molecule has 33 heavy (non-hydrogen) atoms. The van der Waals surface area contributed by atoms with Gasteiger partial charge in [-0.1, -0.05) is 32.0 Å². The predicted molar refractivity (Wildman–Crippen MR) is 127 cm³/mol. The van der Waals surface area contributed by atoms with E-state index in [4.69, 9.17) is 4.74 Å². The second-order valence-electron chi connectivity index (χ2n) is 7.54. The topological polar surface area (TPSA) is 109 Å². The zero-order valence-electron chi connectivity index (χ0n) is 18.8. The normalized spacial score (nSPS) is 11.6. The smallest absolute Gasteiger partial charge is 0.306 e. The molecule has 3 aromatic rings. The quantitative estimate of drug-likeness (QED) is 0.415. The van der Waals surface area contributed by atoms with E-state index in [2.05, 4.69) is 10.3 Å². The number of amides is 1. The summed E-state index contributed by atoms with van der Waals surface area (Å²) in [5.74, 6) is -0.926. The van der Waals surface area contributed by atoms with Gasteiger partial charge in [0.1, 0.15) is 0 Å². The lowest BCUT2D eigenvalue weighted by Gasteiger charge is -2.18. The van der Waals surface area contributed by atoms with Crippen molar-refractivity contribution in [3.05, 3.63) is 60.3 Å². The Morgan fingerprint density at radius 2 is 1.73 bits per heavy atom. The van der Waals surface area contributed by atoms with E-state index < -0.39 is 28.5 Å². The molecule has 1 amide bonds. The Balaban J connectivity index is 1.43. The summed E-state index contributed by atoms with van der Waals surface area (Å²) < 4.78 is 31.4. The average molecular weight is 472 g/mol. The molecular weight excluding hydrogens is 442 g/mol. The van der Waals surface area contributed by atoms with E-state index in [1.807, 2.05) is 30.5 Å². The number of aromatic amines is 1. The van der Waals surface area contributed by atoms with Crippen LogP contribution in [-0.2, 0) is 30.8 Å². The number of benzene rings is 2. The number of anilines is 1. The maximum Gasteiger partial charge on any atom is 0.306 e. The van der Waals surface area contributed by atoms with Crippen LogP contribution in [0.1, 0.15) is 32.3 Å². The molecule has 0 saturated carbocycles. The third kappa shape index (κ3) is 6.21. The maximum atomic E-state index is 12.5. The molecule has 0 aliphatic rings. The van der Waals surface area contributed by atoms with Crippen LogP contribution in [-0.4, -0.2) is 49.3 Å². The zero-order valence-corrected chi connectivity index (χ0v) is 19.7. The lowest BCUT2D eigenvalue weighted by atomic mass is 10.1. The fourth-order valence-electron chi connectivity index (χ4n) is 3.60. The largest absolute Gasteiger partial charge is 0.456 e. The number of carbonyl (C=O) groups is 2. The molecule has 3 rings (SSSR count). The Morgan fingerprint density at radius 3 is 2.42 bits per heavy atom. The van der Waals surface area contributed by atoms with Crippen LogP contribution in [0.25, 0.3) is 10.9 Å². The van der Waals surface area contributed by atoms with E-state index in [0.717, 1.165) is 22.9 Å². The van der Waals surface area contributed by atoms with Crippen LogP contribution in [0.4, 0.5) is 5.69 Å². The molecule has 0 aliphatic heterocycles. The zero-order chi connectivity index (χ0) is 23.8. The van der Waals surface area contributed by atoms with Crippen molar-refractivity contribution in [1.29, 1.82) is 0 Å². The van der Waals surface area contributed by atoms with Gasteiger partial charge in [0.25, 0.3) is 5.91 Å².